The molecule has 3 rings (SSSR count). The molecule has 0 bridgehead atoms. The standard InChI is InChI=1S/C21H27N3O4S2/c1-15-6-9-18(10-7-15)22-19(25)14-23(3)21(26)17-5-4-12-24(13-17)30(27,28)20-11-8-16(2)29-20/h6-11,17H,4-5,12-14H2,1-3H3,(H,22,25). The Kier molecular flexibility index (Phi) is 6.95. The zero-order valence-corrected chi connectivity index (χ0v) is 19.1. The summed E-state index contributed by atoms with van der Waals surface area (Å²) in [6.07, 6.45) is 1.22. The first-order valence-electron chi connectivity index (χ1n) is 9.85. The summed E-state index contributed by atoms with van der Waals surface area (Å²) >= 11 is 1.24. The van der Waals surface area contributed by atoms with Gasteiger partial charge in [0.2, 0.25) is 11.8 Å². The molecule has 1 aromatic heterocycles. The summed E-state index contributed by atoms with van der Waals surface area (Å²) < 4.78 is 27.5. The average Bonchev–Trinajstić information content (AvgIpc) is 3.16. The molecule has 30 heavy (non-hydrogen) atoms. The highest BCUT2D eigenvalue weighted by Crippen LogP contribution is 2.28. The molecular weight excluding hydrogens is 422 g/mol. The largest absolute Gasteiger partial charge is 0.336 e. The zero-order valence-electron chi connectivity index (χ0n) is 17.4. The maximum atomic E-state index is 12.9. The predicted octanol–water partition coefficient (Wildman–Crippen LogP) is 2.86. The van der Waals surface area contributed by atoms with Crippen molar-refractivity contribution in [3.05, 3.63) is 46.8 Å². The predicted molar refractivity (Wildman–Crippen MR) is 118 cm³/mol. The van der Waals surface area contributed by atoms with Gasteiger partial charge in [-0.25, -0.2) is 8.42 Å². The number of amides is 2. The van der Waals surface area contributed by atoms with Crippen LogP contribution >= 0.6 is 11.3 Å². The van der Waals surface area contributed by atoms with Crippen molar-refractivity contribution in [2.24, 2.45) is 5.92 Å². The van der Waals surface area contributed by atoms with Crippen LogP contribution in [0, 0.1) is 19.8 Å². The molecular formula is C21H27N3O4S2. The lowest BCUT2D eigenvalue weighted by atomic mass is 9.98. The number of nitrogens with zero attached hydrogens (tertiary/aromatic N) is 2. The van der Waals surface area contributed by atoms with E-state index >= 15 is 0 Å². The van der Waals surface area contributed by atoms with Crippen molar-refractivity contribution in [2.75, 3.05) is 32.0 Å². The van der Waals surface area contributed by atoms with Crippen LogP contribution in [0.15, 0.2) is 40.6 Å². The second-order valence-corrected chi connectivity index (χ2v) is 11.1. The highest BCUT2D eigenvalue weighted by atomic mass is 32.2. The first-order chi connectivity index (χ1) is 14.2. The molecule has 9 heteroatoms. The van der Waals surface area contributed by atoms with E-state index in [0.29, 0.717) is 29.3 Å². The number of benzene rings is 1. The second kappa shape index (κ2) is 9.28. The smallest absolute Gasteiger partial charge is 0.252 e. The Hall–Kier alpha value is -2.23. The number of hydrogen-bond donors (Lipinski definition) is 1. The lowest BCUT2D eigenvalue weighted by Gasteiger charge is -2.32. The number of piperidine rings is 1. The van der Waals surface area contributed by atoms with E-state index in [0.717, 1.165) is 10.4 Å². The first kappa shape index (κ1) is 22.5. The van der Waals surface area contributed by atoms with Gasteiger partial charge in [-0.2, -0.15) is 4.31 Å². The molecule has 0 aliphatic carbocycles. The minimum Gasteiger partial charge on any atom is -0.336 e. The summed E-state index contributed by atoms with van der Waals surface area (Å²) in [5.74, 6) is -0.952. The van der Waals surface area contributed by atoms with Gasteiger partial charge in [0.05, 0.1) is 12.5 Å². The number of nitrogens with one attached hydrogen (secondary N) is 1. The van der Waals surface area contributed by atoms with Crippen molar-refractivity contribution in [1.29, 1.82) is 0 Å². The fourth-order valence-electron chi connectivity index (χ4n) is 3.48. The van der Waals surface area contributed by atoms with E-state index in [-0.39, 0.29) is 24.9 Å². The minimum absolute atomic E-state index is 0.0833. The van der Waals surface area contributed by atoms with Crippen LogP contribution in [-0.4, -0.2) is 56.1 Å². The number of aryl methyl sites for hydroxylation is 2. The van der Waals surface area contributed by atoms with E-state index in [1.54, 1.807) is 19.2 Å². The Morgan fingerprint density at radius 2 is 1.87 bits per heavy atom. The third kappa shape index (κ3) is 5.27. The van der Waals surface area contributed by atoms with Crippen molar-refractivity contribution in [3.63, 3.8) is 0 Å². The van der Waals surface area contributed by atoms with Crippen molar-refractivity contribution >= 4 is 38.9 Å². The van der Waals surface area contributed by atoms with Gasteiger partial charge < -0.3 is 10.2 Å². The summed E-state index contributed by atoms with van der Waals surface area (Å²) in [5, 5.41) is 2.78. The highest BCUT2D eigenvalue weighted by molar-refractivity contribution is 7.91. The molecule has 7 nitrogen and oxygen atoms in total. The number of sulfonamides is 1. The molecule has 1 aliphatic rings. The monoisotopic (exact) mass is 449 g/mol. The lowest BCUT2D eigenvalue weighted by molar-refractivity contribution is -0.138. The lowest BCUT2D eigenvalue weighted by Crippen LogP contribution is -2.47. The maximum Gasteiger partial charge on any atom is 0.252 e. The van der Waals surface area contributed by atoms with E-state index in [9.17, 15) is 18.0 Å². The fraction of sp³-hybridized carbons (Fsp3) is 0.429. The van der Waals surface area contributed by atoms with Gasteiger partial charge in [-0.3, -0.25) is 9.59 Å². The van der Waals surface area contributed by atoms with Crippen LogP contribution in [0.25, 0.3) is 0 Å². The molecule has 1 N–H and O–H groups in total. The Labute approximate surface area is 181 Å². The number of carbonyl (C=O) groups excluding carboxylic acids is 2. The fourth-order valence-corrected chi connectivity index (χ4v) is 6.44. The van der Waals surface area contributed by atoms with E-state index < -0.39 is 15.9 Å². The molecule has 2 heterocycles. The molecule has 1 fully saturated rings. The van der Waals surface area contributed by atoms with Crippen LogP contribution in [0.3, 0.4) is 0 Å². The van der Waals surface area contributed by atoms with Gasteiger partial charge in [-0.15, -0.1) is 11.3 Å². The van der Waals surface area contributed by atoms with Gasteiger partial charge in [0.1, 0.15) is 4.21 Å². The number of likely N-dealkylation sites (N-methyl/N-ethyl adjacent to an activating group) is 1. The molecule has 1 aromatic carbocycles. The second-order valence-electron chi connectivity index (χ2n) is 7.68. The zero-order chi connectivity index (χ0) is 21.9. The van der Waals surface area contributed by atoms with Gasteiger partial charge in [0.25, 0.3) is 10.0 Å². The number of hydrogen-bond acceptors (Lipinski definition) is 5. The first-order valence-corrected chi connectivity index (χ1v) is 12.1. The summed E-state index contributed by atoms with van der Waals surface area (Å²) in [7, 11) is -2.02. The highest BCUT2D eigenvalue weighted by Gasteiger charge is 2.35. The topological polar surface area (TPSA) is 86.8 Å². The number of anilines is 1. The van der Waals surface area contributed by atoms with Crippen LogP contribution in [-0.2, 0) is 19.6 Å². The van der Waals surface area contributed by atoms with Gasteiger partial charge in [-0.1, -0.05) is 17.7 Å². The molecule has 1 unspecified atom stereocenters. The van der Waals surface area contributed by atoms with E-state index in [4.69, 9.17) is 0 Å². The molecule has 1 atom stereocenters. The Morgan fingerprint density at radius 3 is 2.50 bits per heavy atom. The normalized spacial score (nSPS) is 17.5. The summed E-state index contributed by atoms with van der Waals surface area (Å²) in [4.78, 5) is 27.5. The third-order valence-corrected chi connectivity index (χ3v) is 8.47. The van der Waals surface area contributed by atoms with Crippen LogP contribution < -0.4 is 5.32 Å². The number of carbonyl (C=O) groups is 2. The van der Waals surface area contributed by atoms with Gasteiger partial charge in [-0.05, 0) is 51.0 Å². The molecule has 2 amide bonds. The van der Waals surface area contributed by atoms with Gasteiger partial charge >= 0.3 is 0 Å². The average molecular weight is 450 g/mol. The SMILES string of the molecule is Cc1ccc(NC(=O)CN(C)C(=O)C2CCCN(S(=O)(=O)c3ccc(C)s3)C2)cc1. The molecule has 162 valence electrons. The van der Waals surface area contributed by atoms with E-state index in [1.165, 1.54) is 20.5 Å². The number of thiophene rings is 1. The molecule has 0 radical (unpaired) electrons. The number of rotatable bonds is 6. The van der Waals surface area contributed by atoms with Crippen molar-refractivity contribution in [3.8, 4) is 0 Å². The van der Waals surface area contributed by atoms with E-state index in [2.05, 4.69) is 5.32 Å². The maximum absolute atomic E-state index is 12.9. The molecule has 1 aliphatic heterocycles. The van der Waals surface area contributed by atoms with E-state index in [1.807, 2.05) is 38.1 Å². The molecule has 0 spiro atoms. The van der Waals surface area contributed by atoms with Crippen molar-refractivity contribution in [2.45, 2.75) is 30.9 Å². The summed E-state index contributed by atoms with van der Waals surface area (Å²) in [6.45, 7) is 4.29. The molecule has 2 aromatic rings. The summed E-state index contributed by atoms with van der Waals surface area (Å²) in [5.41, 5.74) is 1.77. The van der Waals surface area contributed by atoms with Gasteiger partial charge in [0.15, 0.2) is 0 Å². The quantitative estimate of drug-likeness (QED) is 0.735. The third-order valence-electron chi connectivity index (χ3n) is 5.14. The Morgan fingerprint density at radius 1 is 1.17 bits per heavy atom. The Balaban J connectivity index is 1.60. The minimum atomic E-state index is -3.60. The summed E-state index contributed by atoms with van der Waals surface area (Å²) in [6, 6.07) is 10.8. The molecule has 1 saturated heterocycles. The van der Waals surface area contributed by atoms with Crippen LogP contribution in [0.5, 0.6) is 0 Å². The van der Waals surface area contributed by atoms with Gasteiger partial charge in [0, 0.05) is 30.7 Å². The van der Waals surface area contributed by atoms with Crippen LogP contribution in [0.2, 0.25) is 0 Å². The van der Waals surface area contributed by atoms with Crippen LogP contribution in [0.4, 0.5) is 5.69 Å². The van der Waals surface area contributed by atoms with Crippen LogP contribution in [0.1, 0.15) is 23.3 Å². The van der Waals surface area contributed by atoms with Crippen molar-refractivity contribution in [1.82, 2.24) is 9.21 Å². The van der Waals surface area contributed by atoms with Crippen molar-refractivity contribution < 1.29 is 18.0 Å². The Bertz CT molecular complexity index is 1020. The molecule has 0 saturated carbocycles.